The normalized spacial score (nSPS) is 15.2. The second-order valence-electron chi connectivity index (χ2n) is 7.37. The summed E-state index contributed by atoms with van der Waals surface area (Å²) >= 11 is 5.76. The average molecular weight is 444 g/mol. The first-order valence-electron chi connectivity index (χ1n) is 10.1. The van der Waals surface area contributed by atoms with E-state index in [2.05, 4.69) is 20.2 Å². The highest BCUT2D eigenvalue weighted by molar-refractivity contribution is 6.30. The van der Waals surface area contributed by atoms with Gasteiger partial charge in [-0.15, -0.1) is 0 Å². The molecule has 0 radical (unpaired) electrons. The Hall–Kier alpha value is -2.90. The number of rotatable bonds is 5. The van der Waals surface area contributed by atoms with Crippen LogP contribution in [0.1, 0.15) is 32.3 Å². The summed E-state index contributed by atoms with van der Waals surface area (Å²) in [4.78, 5) is 21.3. The number of aliphatic hydroxyl groups excluding tert-OH is 1. The standard InChI is InChI=1S/C12H17N3O2.C11H13ClN2/c1-9-6-10(14-8-16)7-13-12(9)15-4-2-11(17)3-5-15;1-8(7-13)9(2)14-11-5-3-10(12)4-6-11/h6-8,11,17H,2-5H2,1H3,(H,14,16);3-7H,13H2,1-2H3/b;8-7-,14-9?. The van der Waals surface area contributed by atoms with Crippen LogP contribution in [-0.2, 0) is 4.79 Å². The molecule has 0 bridgehead atoms. The number of nitrogens with zero attached hydrogens (tertiary/aromatic N) is 3. The van der Waals surface area contributed by atoms with Crippen LogP contribution in [0, 0.1) is 6.92 Å². The van der Waals surface area contributed by atoms with Crippen LogP contribution in [0.4, 0.5) is 17.2 Å². The number of pyridine rings is 1. The predicted molar refractivity (Wildman–Crippen MR) is 128 cm³/mol. The van der Waals surface area contributed by atoms with Crippen molar-refractivity contribution >= 4 is 40.9 Å². The van der Waals surface area contributed by atoms with E-state index in [-0.39, 0.29) is 6.10 Å². The van der Waals surface area contributed by atoms with Gasteiger partial charge in [0.25, 0.3) is 0 Å². The van der Waals surface area contributed by atoms with Gasteiger partial charge in [0.05, 0.1) is 23.7 Å². The van der Waals surface area contributed by atoms with Crippen molar-refractivity contribution in [2.45, 2.75) is 39.7 Å². The summed E-state index contributed by atoms with van der Waals surface area (Å²) in [6.07, 6.45) is 5.25. The lowest BCUT2D eigenvalue weighted by Gasteiger charge is -2.31. The molecule has 1 aliphatic rings. The Labute approximate surface area is 188 Å². The molecule has 1 aromatic heterocycles. The number of piperidine rings is 1. The number of hydrogen-bond donors (Lipinski definition) is 3. The second-order valence-corrected chi connectivity index (χ2v) is 7.80. The summed E-state index contributed by atoms with van der Waals surface area (Å²) in [5.74, 6) is 0.938. The number of carbonyl (C=O) groups excluding carboxylic acids is 1. The van der Waals surface area contributed by atoms with E-state index in [1.54, 1.807) is 12.4 Å². The number of nitrogens with two attached hydrogens (primary N) is 1. The summed E-state index contributed by atoms with van der Waals surface area (Å²) < 4.78 is 0. The van der Waals surface area contributed by atoms with Crippen LogP contribution >= 0.6 is 11.6 Å². The molecule has 0 atom stereocenters. The van der Waals surface area contributed by atoms with Crippen molar-refractivity contribution in [3.05, 3.63) is 58.9 Å². The summed E-state index contributed by atoms with van der Waals surface area (Å²) in [5, 5.41) is 12.8. The quantitative estimate of drug-likeness (QED) is 0.474. The van der Waals surface area contributed by atoms with Crippen molar-refractivity contribution in [2.24, 2.45) is 10.7 Å². The monoisotopic (exact) mass is 443 g/mol. The summed E-state index contributed by atoms with van der Waals surface area (Å²) in [6.45, 7) is 7.48. The molecular formula is C23H30ClN5O2. The molecule has 1 aliphatic heterocycles. The number of aliphatic imine (C=N–C) groups is 1. The van der Waals surface area contributed by atoms with E-state index in [4.69, 9.17) is 17.3 Å². The Bertz CT molecular complexity index is 920. The highest BCUT2D eigenvalue weighted by Gasteiger charge is 2.19. The zero-order valence-corrected chi connectivity index (χ0v) is 18.9. The van der Waals surface area contributed by atoms with Gasteiger partial charge in [0.2, 0.25) is 6.41 Å². The fourth-order valence-electron chi connectivity index (χ4n) is 3.04. The Kier molecular flexibility index (Phi) is 9.49. The van der Waals surface area contributed by atoms with E-state index in [0.29, 0.717) is 17.1 Å². The SMILES string of the molecule is CC(=Nc1ccc(Cl)cc1)/C(C)=C\N.Cc1cc(NC=O)cnc1N1CCC(O)CC1. The van der Waals surface area contributed by atoms with Crippen molar-refractivity contribution in [1.29, 1.82) is 0 Å². The highest BCUT2D eigenvalue weighted by Crippen LogP contribution is 2.23. The van der Waals surface area contributed by atoms with Gasteiger partial charge in [0, 0.05) is 23.8 Å². The van der Waals surface area contributed by atoms with E-state index in [1.807, 2.05) is 51.1 Å². The first kappa shape index (κ1) is 24.4. The number of hydrogen-bond acceptors (Lipinski definition) is 6. The van der Waals surface area contributed by atoms with Crippen molar-refractivity contribution in [2.75, 3.05) is 23.3 Å². The van der Waals surface area contributed by atoms with E-state index >= 15 is 0 Å². The molecule has 31 heavy (non-hydrogen) atoms. The zero-order chi connectivity index (χ0) is 22.8. The fraction of sp³-hybridized carbons (Fsp3) is 0.348. The second kappa shape index (κ2) is 12.1. The minimum absolute atomic E-state index is 0.178. The molecule has 0 saturated carbocycles. The van der Waals surface area contributed by atoms with Crippen LogP contribution < -0.4 is 16.0 Å². The molecule has 166 valence electrons. The third-order valence-corrected chi connectivity index (χ3v) is 5.24. The van der Waals surface area contributed by atoms with Gasteiger partial charge in [-0.2, -0.15) is 0 Å². The number of halogens is 1. The molecule has 3 rings (SSSR count). The molecule has 7 nitrogen and oxygen atoms in total. The minimum atomic E-state index is -0.178. The average Bonchev–Trinajstić information content (AvgIpc) is 2.76. The Balaban J connectivity index is 0.000000225. The van der Waals surface area contributed by atoms with Crippen LogP contribution in [0.25, 0.3) is 0 Å². The summed E-state index contributed by atoms with van der Waals surface area (Å²) in [6, 6.07) is 9.28. The molecule has 1 fully saturated rings. The molecule has 8 heteroatoms. The van der Waals surface area contributed by atoms with E-state index in [0.717, 1.165) is 54.3 Å². The maximum Gasteiger partial charge on any atom is 0.211 e. The van der Waals surface area contributed by atoms with Gasteiger partial charge in [-0.3, -0.25) is 9.79 Å². The van der Waals surface area contributed by atoms with E-state index < -0.39 is 0 Å². The Morgan fingerprint density at radius 1 is 1.29 bits per heavy atom. The molecule has 1 amide bonds. The number of carbonyl (C=O) groups is 1. The molecule has 2 heterocycles. The van der Waals surface area contributed by atoms with Gasteiger partial charge in [0.15, 0.2) is 0 Å². The number of anilines is 2. The number of aliphatic hydroxyl groups is 1. The topological polar surface area (TPSA) is 104 Å². The molecule has 0 spiro atoms. The molecule has 0 unspecified atom stereocenters. The van der Waals surface area contributed by atoms with Crippen LogP contribution in [-0.4, -0.2) is 41.4 Å². The summed E-state index contributed by atoms with van der Waals surface area (Å²) in [5.41, 5.74) is 9.90. The lowest BCUT2D eigenvalue weighted by Crippen LogP contribution is -2.36. The minimum Gasteiger partial charge on any atom is -0.404 e. The maximum absolute atomic E-state index is 10.3. The van der Waals surface area contributed by atoms with Gasteiger partial charge < -0.3 is 21.1 Å². The molecule has 1 aromatic carbocycles. The first-order valence-corrected chi connectivity index (χ1v) is 10.5. The largest absolute Gasteiger partial charge is 0.404 e. The maximum atomic E-state index is 10.3. The summed E-state index contributed by atoms with van der Waals surface area (Å²) in [7, 11) is 0. The molecule has 4 N–H and O–H groups in total. The van der Waals surface area contributed by atoms with Crippen LogP contribution in [0.15, 0.2) is 53.3 Å². The number of aromatic nitrogens is 1. The predicted octanol–water partition coefficient (Wildman–Crippen LogP) is 4.21. The number of aryl methyl sites for hydroxylation is 1. The van der Waals surface area contributed by atoms with Gasteiger partial charge in [-0.05, 0) is 81.3 Å². The highest BCUT2D eigenvalue weighted by atomic mass is 35.5. The van der Waals surface area contributed by atoms with E-state index in [1.165, 1.54) is 0 Å². The number of benzene rings is 1. The van der Waals surface area contributed by atoms with Crippen molar-refractivity contribution in [3.63, 3.8) is 0 Å². The molecular weight excluding hydrogens is 414 g/mol. The first-order chi connectivity index (χ1) is 14.8. The van der Waals surface area contributed by atoms with Gasteiger partial charge in [-0.25, -0.2) is 4.98 Å². The van der Waals surface area contributed by atoms with Crippen LogP contribution in [0.3, 0.4) is 0 Å². The third kappa shape index (κ3) is 7.70. The number of nitrogens with one attached hydrogen (secondary N) is 1. The fourth-order valence-corrected chi connectivity index (χ4v) is 3.17. The van der Waals surface area contributed by atoms with Crippen molar-refractivity contribution in [3.8, 4) is 0 Å². The number of amides is 1. The van der Waals surface area contributed by atoms with Crippen LogP contribution in [0.2, 0.25) is 5.02 Å². The molecule has 2 aromatic rings. The van der Waals surface area contributed by atoms with Crippen LogP contribution in [0.5, 0.6) is 0 Å². The van der Waals surface area contributed by atoms with Gasteiger partial charge >= 0.3 is 0 Å². The van der Waals surface area contributed by atoms with Gasteiger partial charge in [0.1, 0.15) is 5.82 Å². The smallest absolute Gasteiger partial charge is 0.211 e. The van der Waals surface area contributed by atoms with Crippen molar-refractivity contribution < 1.29 is 9.90 Å². The molecule has 1 saturated heterocycles. The Morgan fingerprint density at radius 3 is 2.48 bits per heavy atom. The zero-order valence-electron chi connectivity index (χ0n) is 18.2. The lowest BCUT2D eigenvalue weighted by atomic mass is 10.1. The Morgan fingerprint density at radius 2 is 1.94 bits per heavy atom. The van der Waals surface area contributed by atoms with Gasteiger partial charge in [-0.1, -0.05) is 11.6 Å². The lowest BCUT2D eigenvalue weighted by molar-refractivity contribution is -0.105. The third-order valence-electron chi connectivity index (χ3n) is 4.98. The number of allylic oxidation sites excluding steroid dienone is 1. The molecule has 0 aliphatic carbocycles. The van der Waals surface area contributed by atoms with E-state index in [9.17, 15) is 9.90 Å². The van der Waals surface area contributed by atoms with Crippen molar-refractivity contribution in [1.82, 2.24) is 4.98 Å².